The van der Waals surface area contributed by atoms with Crippen LogP contribution in [0.3, 0.4) is 0 Å². The predicted molar refractivity (Wildman–Crippen MR) is 88.6 cm³/mol. The molecule has 0 aliphatic heterocycles. The van der Waals surface area contributed by atoms with E-state index in [9.17, 15) is 4.79 Å². The Hall–Kier alpha value is -2.10. The second-order valence-electron chi connectivity index (χ2n) is 4.82. The number of hydrogen-bond donors (Lipinski definition) is 0. The fraction of sp³-hybridized carbons (Fsp3) is 0.0588. The summed E-state index contributed by atoms with van der Waals surface area (Å²) < 4.78 is 1.75. The minimum Gasteiger partial charge on any atom is -0.281 e. The van der Waals surface area contributed by atoms with E-state index in [0.717, 1.165) is 22.5 Å². The number of carbonyl (C=O) groups excluding carboxylic acids is 1. The monoisotopic (exact) mass is 330 g/mol. The maximum Gasteiger partial charge on any atom is 0.226 e. The number of benzene rings is 2. The van der Waals surface area contributed by atoms with Gasteiger partial charge in [0.05, 0.1) is 17.8 Å². The van der Waals surface area contributed by atoms with Crippen LogP contribution in [-0.4, -0.2) is 15.0 Å². The van der Waals surface area contributed by atoms with Crippen LogP contribution in [0.2, 0.25) is 5.02 Å². The van der Waals surface area contributed by atoms with Gasteiger partial charge in [-0.3, -0.25) is 4.79 Å². The lowest BCUT2D eigenvalue weighted by Crippen LogP contribution is -1.94. The van der Waals surface area contributed by atoms with Crippen molar-refractivity contribution in [1.29, 1.82) is 0 Å². The van der Waals surface area contributed by atoms with Crippen molar-refractivity contribution in [2.45, 2.75) is 6.42 Å². The standard InChI is InChI=1S/C17H12Cl2N2O/c18-14-8-6-12(7-9-14)17-13(10-16(19)22)11-21(20-17)15-4-2-1-3-5-15/h1-9,11H,10H2. The Bertz CT molecular complexity index is 795. The van der Waals surface area contributed by atoms with Crippen LogP contribution in [-0.2, 0) is 11.2 Å². The van der Waals surface area contributed by atoms with Gasteiger partial charge in [-0.15, -0.1) is 0 Å². The van der Waals surface area contributed by atoms with Crippen molar-refractivity contribution in [2.75, 3.05) is 0 Å². The van der Waals surface area contributed by atoms with Gasteiger partial charge in [0.15, 0.2) is 0 Å². The minimum absolute atomic E-state index is 0.131. The van der Waals surface area contributed by atoms with Crippen molar-refractivity contribution in [3.63, 3.8) is 0 Å². The van der Waals surface area contributed by atoms with Crippen molar-refractivity contribution >= 4 is 28.4 Å². The summed E-state index contributed by atoms with van der Waals surface area (Å²) in [5.41, 5.74) is 3.33. The first-order chi connectivity index (χ1) is 10.6. The van der Waals surface area contributed by atoms with Crippen LogP contribution < -0.4 is 0 Å². The van der Waals surface area contributed by atoms with Gasteiger partial charge in [-0.05, 0) is 35.9 Å². The molecule has 0 unspecified atom stereocenters. The first-order valence-corrected chi connectivity index (χ1v) is 7.47. The van der Waals surface area contributed by atoms with Crippen molar-refractivity contribution in [1.82, 2.24) is 9.78 Å². The molecule has 1 heterocycles. The highest BCUT2D eigenvalue weighted by Gasteiger charge is 2.14. The molecule has 3 rings (SSSR count). The number of carbonyl (C=O) groups is 1. The number of halogens is 2. The van der Waals surface area contributed by atoms with E-state index in [1.807, 2.05) is 48.7 Å². The molecule has 0 saturated carbocycles. The first kappa shape index (κ1) is 14.8. The largest absolute Gasteiger partial charge is 0.281 e. The number of para-hydroxylation sites is 1. The molecule has 0 amide bonds. The highest BCUT2D eigenvalue weighted by Crippen LogP contribution is 2.26. The van der Waals surface area contributed by atoms with Crippen molar-refractivity contribution in [2.24, 2.45) is 0 Å². The number of nitrogens with zero attached hydrogens (tertiary/aromatic N) is 2. The van der Waals surface area contributed by atoms with Gasteiger partial charge in [0.25, 0.3) is 0 Å². The van der Waals surface area contributed by atoms with Crippen LogP contribution >= 0.6 is 23.2 Å². The number of hydrogen-bond acceptors (Lipinski definition) is 2. The molecule has 0 radical (unpaired) electrons. The molecule has 110 valence electrons. The molecule has 5 heteroatoms. The summed E-state index contributed by atoms with van der Waals surface area (Å²) in [6.45, 7) is 0. The zero-order valence-corrected chi connectivity index (χ0v) is 13.1. The lowest BCUT2D eigenvalue weighted by molar-refractivity contribution is -0.111. The van der Waals surface area contributed by atoms with Gasteiger partial charge in [-0.2, -0.15) is 5.10 Å². The topological polar surface area (TPSA) is 34.9 Å². The quantitative estimate of drug-likeness (QED) is 0.660. The fourth-order valence-electron chi connectivity index (χ4n) is 2.25. The molecule has 2 aromatic carbocycles. The lowest BCUT2D eigenvalue weighted by atomic mass is 10.1. The van der Waals surface area contributed by atoms with E-state index in [1.165, 1.54) is 0 Å². The van der Waals surface area contributed by atoms with Crippen LogP contribution in [0.1, 0.15) is 5.56 Å². The molecule has 0 bridgehead atoms. The highest BCUT2D eigenvalue weighted by molar-refractivity contribution is 6.63. The molecule has 0 saturated heterocycles. The summed E-state index contributed by atoms with van der Waals surface area (Å²) in [6, 6.07) is 17.1. The summed E-state index contributed by atoms with van der Waals surface area (Å²) >= 11 is 11.5. The molecule has 0 atom stereocenters. The van der Waals surface area contributed by atoms with Crippen molar-refractivity contribution in [3.05, 3.63) is 71.4 Å². The Labute approximate surface area is 138 Å². The van der Waals surface area contributed by atoms with Crippen molar-refractivity contribution < 1.29 is 4.79 Å². The van der Waals surface area contributed by atoms with Crippen molar-refractivity contribution in [3.8, 4) is 16.9 Å². The van der Waals surface area contributed by atoms with Crippen LogP contribution in [0, 0.1) is 0 Å². The SMILES string of the molecule is O=C(Cl)Cc1cn(-c2ccccc2)nc1-c1ccc(Cl)cc1. The first-order valence-electron chi connectivity index (χ1n) is 6.72. The van der Waals surface area contributed by atoms with Gasteiger partial charge >= 0.3 is 0 Å². The molecule has 3 aromatic rings. The smallest absolute Gasteiger partial charge is 0.226 e. The van der Waals surface area contributed by atoms with Crippen LogP contribution in [0.25, 0.3) is 16.9 Å². The van der Waals surface area contributed by atoms with E-state index in [-0.39, 0.29) is 6.42 Å². The minimum atomic E-state index is -0.414. The van der Waals surface area contributed by atoms with Gasteiger partial charge in [0, 0.05) is 22.3 Å². The zero-order chi connectivity index (χ0) is 15.5. The summed E-state index contributed by atoms with van der Waals surface area (Å²) in [6.07, 6.45) is 1.96. The Morgan fingerprint density at radius 3 is 2.36 bits per heavy atom. The van der Waals surface area contributed by atoms with Gasteiger partial charge in [-0.1, -0.05) is 41.9 Å². The molecule has 1 aromatic heterocycles. The van der Waals surface area contributed by atoms with E-state index >= 15 is 0 Å². The van der Waals surface area contributed by atoms with E-state index in [1.54, 1.807) is 16.8 Å². The van der Waals surface area contributed by atoms with E-state index in [0.29, 0.717) is 5.02 Å². The normalized spacial score (nSPS) is 10.6. The van der Waals surface area contributed by atoms with E-state index in [4.69, 9.17) is 23.2 Å². The Balaban J connectivity index is 2.09. The lowest BCUT2D eigenvalue weighted by Gasteiger charge is -2.01. The fourth-order valence-corrected chi connectivity index (χ4v) is 2.52. The van der Waals surface area contributed by atoms with Gasteiger partial charge < -0.3 is 0 Å². The summed E-state index contributed by atoms with van der Waals surface area (Å²) in [4.78, 5) is 11.3. The zero-order valence-electron chi connectivity index (χ0n) is 11.5. The third-order valence-corrected chi connectivity index (χ3v) is 3.64. The molecule has 0 spiro atoms. The van der Waals surface area contributed by atoms with Gasteiger partial charge in [0.2, 0.25) is 5.24 Å². The molecule has 22 heavy (non-hydrogen) atoms. The Kier molecular flexibility index (Phi) is 4.27. The predicted octanol–water partition coefficient (Wildman–Crippen LogP) is 4.50. The third-order valence-electron chi connectivity index (χ3n) is 3.26. The molecule has 0 aliphatic carbocycles. The molecule has 0 fully saturated rings. The Morgan fingerprint density at radius 1 is 1.05 bits per heavy atom. The van der Waals surface area contributed by atoms with Crippen LogP contribution in [0.4, 0.5) is 0 Å². The summed E-state index contributed by atoms with van der Waals surface area (Å²) in [5.74, 6) is 0. The molecule has 0 N–H and O–H groups in total. The number of aromatic nitrogens is 2. The summed E-state index contributed by atoms with van der Waals surface area (Å²) in [5, 5.41) is 4.84. The average Bonchev–Trinajstić information content (AvgIpc) is 2.92. The maximum absolute atomic E-state index is 11.3. The second-order valence-corrected chi connectivity index (χ2v) is 5.68. The highest BCUT2D eigenvalue weighted by atomic mass is 35.5. The molecule has 3 nitrogen and oxygen atoms in total. The van der Waals surface area contributed by atoms with Gasteiger partial charge in [0.1, 0.15) is 0 Å². The van der Waals surface area contributed by atoms with Crippen LogP contribution in [0.15, 0.2) is 60.8 Å². The Morgan fingerprint density at radius 2 is 1.73 bits per heavy atom. The molecular formula is C17H12Cl2N2O. The van der Waals surface area contributed by atoms with E-state index in [2.05, 4.69) is 5.10 Å². The van der Waals surface area contributed by atoms with Gasteiger partial charge in [-0.25, -0.2) is 4.68 Å². The summed E-state index contributed by atoms with van der Waals surface area (Å²) in [7, 11) is 0. The maximum atomic E-state index is 11.3. The van der Waals surface area contributed by atoms with Crippen LogP contribution in [0.5, 0.6) is 0 Å². The molecule has 0 aliphatic rings. The third kappa shape index (κ3) is 3.21. The number of rotatable bonds is 4. The molecular weight excluding hydrogens is 319 g/mol. The van der Waals surface area contributed by atoms with E-state index < -0.39 is 5.24 Å². The average molecular weight is 331 g/mol. The second kappa shape index (κ2) is 6.34.